The number of aromatic nitrogens is 1. The minimum Gasteiger partial charge on any atom is -0.399 e. The molecule has 0 aliphatic rings. The first kappa shape index (κ1) is 14.7. The molecule has 0 radical (unpaired) electrons. The minimum atomic E-state index is -0.0469. The molecule has 5 heteroatoms. The van der Waals surface area contributed by atoms with E-state index in [0.29, 0.717) is 30.8 Å². The fourth-order valence-corrected chi connectivity index (χ4v) is 2.11. The Morgan fingerprint density at radius 3 is 3.00 bits per heavy atom. The maximum atomic E-state index is 11.9. The van der Waals surface area contributed by atoms with Gasteiger partial charge in [-0.1, -0.05) is 6.07 Å². The lowest BCUT2D eigenvalue weighted by atomic mass is 10.1. The second-order valence-electron chi connectivity index (χ2n) is 4.92. The molecule has 0 unspecified atom stereocenters. The fraction of sp³-hybridized carbons (Fsp3) is 0.250. The summed E-state index contributed by atoms with van der Waals surface area (Å²) in [6.45, 7) is 2.58. The van der Waals surface area contributed by atoms with Crippen LogP contribution in [0.4, 0.5) is 11.4 Å². The number of nitrogen functional groups attached to an aromatic ring is 1. The molecule has 1 amide bonds. The molecule has 0 saturated carbocycles. The zero-order valence-electron chi connectivity index (χ0n) is 12.0. The first-order chi connectivity index (χ1) is 10.1. The number of anilines is 2. The van der Waals surface area contributed by atoms with Crippen molar-refractivity contribution in [2.24, 2.45) is 0 Å². The van der Waals surface area contributed by atoms with E-state index >= 15 is 0 Å². The molecule has 0 atom stereocenters. The van der Waals surface area contributed by atoms with Crippen molar-refractivity contribution >= 4 is 17.3 Å². The van der Waals surface area contributed by atoms with E-state index in [4.69, 9.17) is 11.0 Å². The summed E-state index contributed by atoms with van der Waals surface area (Å²) in [6.07, 6.45) is 2.92. The van der Waals surface area contributed by atoms with Gasteiger partial charge in [0.1, 0.15) is 11.8 Å². The summed E-state index contributed by atoms with van der Waals surface area (Å²) in [7, 11) is 0. The molecule has 1 aromatic carbocycles. The highest BCUT2D eigenvalue weighted by molar-refractivity contribution is 5.91. The van der Waals surface area contributed by atoms with Crippen LogP contribution in [0, 0.1) is 18.3 Å². The van der Waals surface area contributed by atoms with E-state index in [1.54, 1.807) is 18.2 Å². The number of nitrogens with zero attached hydrogens (tertiary/aromatic N) is 2. The number of amides is 1. The molecule has 0 bridgehead atoms. The van der Waals surface area contributed by atoms with Gasteiger partial charge in [0, 0.05) is 30.5 Å². The second-order valence-corrected chi connectivity index (χ2v) is 4.92. The summed E-state index contributed by atoms with van der Waals surface area (Å²) in [5, 5.41) is 11.8. The molecule has 21 heavy (non-hydrogen) atoms. The number of benzene rings is 1. The summed E-state index contributed by atoms with van der Waals surface area (Å²) < 4.78 is 1.85. The predicted molar refractivity (Wildman–Crippen MR) is 82.6 cm³/mol. The average molecular weight is 282 g/mol. The number of hydrogen-bond acceptors (Lipinski definition) is 3. The standard InChI is InChI=1S/C16H18N4O/c1-12-6-7-13(18)10-15(12)19-16(21)5-3-9-20-8-2-4-14(20)11-17/h2,4,6-8,10H,3,5,9,18H2,1H3,(H,19,21). The number of rotatable bonds is 5. The zero-order valence-corrected chi connectivity index (χ0v) is 12.0. The number of carbonyl (C=O) groups excluding carboxylic acids is 1. The van der Waals surface area contributed by atoms with Gasteiger partial charge in [-0.05, 0) is 43.2 Å². The van der Waals surface area contributed by atoms with Gasteiger partial charge in [-0.15, -0.1) is 0 Å². The Morgan fingerprint density at radius 1 is 1.43 bits per heavy atom. The molecule has 2 aromatic rings. The molecule has 0 aliphatic carbocycles. The topological polar surface area (TPSA) is 83.8 Å². The number of aryl methyl sites for hydroxylation is 2. The van der Waals surface area contributed by atoms with Gasteiger partial charge in [0.25, 0.3) is 0 Å². The number of hydrogen-bond donors (Lipinski definition) is 2. The third-order valence-electron chi connectivity index (χ3n) is 3.28. The van der Waals surface area contributed by atoms with Crippen molar-refractivity contribution in [2.75, 3.05) is 11.1 Å². The largest absolute Gasteiger partial charge is 0.399 e. The molecule has 0 aliphatic heterocycles. The minimum absolute atomic E-state index is 0.0469. The molecule has 0 saturated heterocycles. The molecular weight excluding hydrogens is 264 g/mol. The lowest BCUT2D eigenvalue weighted by molar-refractivity contribution is -0.116. The summed E-state index contributed by atoms with van der Waals surface area (Å²) in [6, 6.07) is 11.1. The smallest absolute Gasteiger partial charge is 0.224 e. The van der Waals surface area contributed by atoms with Crippen molar-refractivity contribution < 1.29 is 4.79 Å². The van der Waals surface area contributed by atoms with Crippen LogP contribution in [0.3, 0.4) is 0 Å². The van der Waals surface area contributed by atoms with Gasteiger partial charge in [0.05, 0.1) is 0 Å². The first-order valence-electron chi connectivity index (χ1n) is 6.81. The highest BCUT2D eigenvalue weighted by Gasteiger charge is 2.06. The van der Waals surface area contributed by atoms with Gasteiger partial charge in [0.2, 0.25) is 5.91 Å². The SMILES string of the molecule is Cc1ccc(N)cc1NC(=O)CCCn1cccc1C#N. The number of nitriles is 1. The van der Waals surface area contributed by atoms with E-state index in [2.05, 4.69) is 11.4 Å². The Kier molecular flexibility index (Phi) is 4.62. The van der Waals surface area contributed by atoms with E-state index < -0.39 is 0 Å². The Hall–Kier alpha value is -2.74. The molecule has 5 nitrogen and oxygen atoms in total. The maximum Gasteiger partial charge on any atom is 0.224 e. The predicted octanol–water partition coefficient (Wildman–Crippen LogP) is 2.67. The molecular formula is C16H18N4O. The van der Waals surface area contributed by atoms with Crippen LogP contribution in [0.25, 0.3) is 0 Å². The van der Waals surface area contributed by atoms with Gasteiger partial charge in [0.15, 0.2) is 0 Å². The maximum absolute atomic E-state index is 11.9. The highest BCUT2D eigenvalue weighted by atomic mass is 16.1. The lowest BCUT2D eigenvalue weighted by Gasteiger charge is -2.09. The zero-order chi connectivity index (χ0) is 15.2. The van der Waals surface area contributed by atoms with Gasteiger partial charge in [-0.3, -0.25) is 4.79 Å². The highest BCUT2D eigenvalue weighted by Crippen LogP contribution is 2.18. The third kappa shape index (κ3) is 3.86. The van der Waals surface area contributed by atoms with Crippen molar-refractivity contribution in [3.8, 4) is 6.07 Å². The molecule has 0 fully saturated rings. The van der Waals surface area contributed by atoms with Crippen molar-refractivity contribution in [2.45, 2.75) is 26.3 Å². The van der Waals surface area contributed by atoms with E-state index in [0.717, 1.165) is 11.3 Å². The molecule has 3 N–H and O–H groups in total. The van der Waals surface area contributed by atoms with E-state index in [-0.39, 0.29) is 5.91 Å². The Labute approximate surface area is 124 Å². The Balaban J connectivity index is 1.85. The van der Waals surface area contributed by atoms with E-state index in [1.165, 1.54) is 0 Å². The summed E-state index contributed by atoms with van der Waals surface area (Å²) in [4.78, 5) is 11.9. The van der Waals surface area contributed by atoms with Gasteiger partial charge in [-0.2, -0.15) is 5.26 Å². The van der Waals surface area contributed by atoms with E-state index in [9.17, 15) is 4.79 Å². The average Bonchev–Trinajstić information content (AvgIpc) is 2.90. The van der Waals surface area contributed by atoms with E-state index in [1.807, 2.05) is 29.8 Å². The number of carbonyl (C=O) groups is 1. The molecule has 2 rings (SSSR count). The van der Waals surface area contributed by atoms with Gasteiger partial charge >= 0.3 is 0 Å². The van der Waals surface area contributed by atoms with Crippen molar-refractivity contribution in [3.05, 3.63) is 47.8 Å². The Morgan fingerprint density at radius 2 is 2.24 bits per heavy atom. The number of nitrogens with one attached hydrogen (secondary N) is 1. The van der Waals surface area contributed by atoms with Crippen LogP contribution in [0.2, 0.25) is 0 Å². The molecule has 1 heterocycles. The second kappa shape index (κ2) is 6.62. The van der Waals surface area contributed by atoms with Crippen molar-refractivity contribution in [1.29, 1.82) is 5.26 Å². The molecule has 108 valence electrons. The lowest BCUT2D eigenvalue weighted by Crippen LogP contribution is -2.13. The summed E-state index contributed by atoms with van der Waals surface area (Å²) in [5.41, 5.74) is 8.68. The van der Waals surface area contributed by atoms with Crippen molar-refractivity contribution in [1.82, 2.24) is 4.57 Å². The van der Waals surface area contributed by atoms with Crippen LogP contribution in [0.1, 0.15) is 24.1 Å². The number of nitrogens with two attached hydrogens (primary N) is 1. The fourth-order valence-electron chi connectivity index (χ4n) is 2.11. The Bertz CT molecular complexity index is 682. The molecule has 1 aromatic heterocycles. The quantitative estimate of drug-likeness (QED) is 0.827. The van der Waals surface area contributed by atoms with Gasteiger partial charge < -0.3 is 15.6 Å². The van der Waals surface area contributed by atoms with Crippen LogP contribution in [-0.2, 0) is 11.3 Å². The third-order valence-corrected chi connectivity index (χ3v) is 3.28. The van der Waals surface area contributed by atoms with Crippen LogP contribution in [0.5, 0.6) is 0 Å². The van der Waals surface area contributed by atoms with Crippen LogP contribution in [0.15, 0.2) is 36.5 Å². The molecule has 0 spiro atoms. The summed E-state index contributed by atoms with van der Waals surface area (Å²) >= 11 is 0. The first-order valence-corrected chi connectivity index (χ1v) is 6.81. The van der Waals surface area contributed by atoms with Crippen LogP contribution >= 0.6 is 0 Å². The van der Waals surface area contributed by atoms with Crippen LogP contribution in [-0.4, -0.2) is 10.5 Å². The van der Waals surface area contributed by atoms with Gasteiger partial charge in [-0.25, -0.2) is 0 Å². The normalized spacial score (nSPS) is 10.1. The van der Waals surface area contributed by atoms with Crippen LogP contribution < -0.4 is 11.1 Å². The van der Waals surface area contributed by atoms with Crippen molar-refractivity contribution in [3.63, 3.8) is 0 Å². The summed E-state index contributed by atoms with van der Waals surface area (Å²) in [5.74, 6) is -0.0469. The monoisotopic (exact) mass is 282 g/mol.